The van der Waals surface area contributed by atoms with Crippen molar-refractivity contribution in [3.8, 4) is 11.5 Å². The highest BCUT2D eigenvalue weighted by Crippen LogP contribution is 2.37. The number of aryl methyl sites for hydroxylation is 2. The zero-order chi connectivity index (χ0) is 18.8. The van der Waals surface area contributed by atoms with Crippen LogP contribution in [0.3, 0.4) is 0 Å². The van der Waals surface area contributed by atoms with E-state index in [1.807, 2.05) is 26.0 Å². The highest BCUT2D eigenvalue weighted by molar-refractivity contribution is 9.10. The maximum Gasteiger partial charge on any atom is 0.264 e. The van der Waals surface area contributed by atoms with Gasteiger partial charge >= 0.3 is 0 Å². The van der Waals surface area contributed by atoms with Crippen LogP contribution in [0.5, 0.6) is 11.5 Å². The smallest absolute Gasteiger partial charge is 0.264 e. The first kappa shape index (κ1) is 18.5. The molecule has 0 aliphatic carbocycles. The molecular weight excluding hydrogens is 416 g/mol. The highest BCUT2D eigenvalue weighted by atomic mass is 79.9. The summed E-state index contributed by atoms with van der Waals surface area (Å²) in [5.41, 5.74) is 3.78. The third-order valence-corrected chi connectivity index (χ3v) is 5.17. The lowest BCUT2D eigenvalue weighted by atomic mass is 10.1. The number of rotatable bonds is 3. The number of carbonyl (C=O) groups is 1. The van der Waals surface area contributed by atoms with Crippen LogP contribution < -0.4 is 10.1 Å². The molecule has 1 aliphatic heterocycles. The first-order valence-electron chi connectivity index (χ1n) is 7.80. The van der Waals surface area contributed by atoms with E-state index in [1.165, 1.54) is 18.9 Å². The number of benzene rings is 2. The van der Waals surface area contributed by atoms with Crippen molar-refractivity contribution >= 4 is 50.5 Å². The summed E-state index contributed by atoms with van der Waals surface area (Å²) in [6.45, 7) is 4.02. The molecule has 1 saturated heterocycles. The number of ether oxygens (including phenoxy) is 1. The average Bonchev–Trinajstić information content (AvgIpc) is 2.89. The van der Waals surface area contributed by atoms with Crippen LogP contribution in [0.15, 0.2) is 44.7 Å². The number of phenols is 1. The number of aromatic hydroxyl groups is 1. The van der Waals surface area contributed by atoms with E-state index in [-0.39, 0.29) is 11.7 Å². The summed E-state index contributed by atoms with van der Waals surface area (Å²) in [5.74, 6) is 0.148. The van der Waals surface area contributed by atoms with Crippen LogP contribution in [0, 0.1) is 13.8 Å². The number of methoxy groups -OCH3 is 1. The van der Waals surface area contributed by atoms with Gasteiger partial charge in [0.1, 0.15) is 0 Å². The summed E-state index contributed by atoms with van der Waals surface area (Å²) in [7, 11) is 1.48. The number of aliphatic imine (C=N–C) groups is 1. The largest absolute Gasteiger partial charge is 0.503 e. The molecule has 5 nitrogen and oxygen atoms in total. The molecule has 134 valence electrons. The monoisotopic (exact) mass is 432 g/mol. The van der Waals surface area contributed by atoms with Crippen molar-refractivity contribution in [2.45, 2.75) is 13.8 Å². The second-order valence-electron chi connectivity index (χ2n) is 5.88. The molecule has 1 heterocycles. The predicted octanol–water partition coefficient (Wildman–Crippen LogP) is 4.67. The van der Waals surface area contributed by atoms with Crippen LogP contribution in [0.25, 0.3) is 6.08 Å². The Morgan fingerprint density at radius 2 is 1.88 bits per heavy atom. The van der Waals surface area contributed by atoms with Crippen LogP contribution >= 0.6 is 27.7 Å². The van der Waals surface area contributed by atoms with Crippen LogP contribution in [-0.4, -0.2) is 23.3 Å². The van der Waals surface area contributed by atoms with Gasteiger partial charge in [-0.1, -0.05) is 6.07 Å². The summed E-state index contributed by atoms with van der Waals surface area (Å²) < 4.78 is 5.64. The van der Waals surface area contributed by atoms with E-state index in [9.17, 15) is 9.90 Å². The lowest BCUT2D eigenvalue weighted by molar-refractivity contribution is -0.115. The third-order valence-electron chi connectivity index (χ3n) is 3.66. The number of hydrogen-bond donors (Lipinski definition) is 2. The van der Waals surface area contributed by atoms with Gasteiger partial charge in [-0.2, -0.15) is 0 Å². The fourth-order valence-corrected chi connectivity index (χ4v) is 3.90. The number of carbonyl (C=O) groups excluding carboxylic acids is 1. The highest BCUT2D eigenvalue weighted by Gasteiger charge is 2.24. The Bertz CT molecular complexity index is 934. The zero-order valence-electron chi connectivity index (χ0n) is 14.5. The number of amidine groups is 1. The molecule has 1 fully saturated rings. The van der Waals surface area contributed by atoms with Gasteiger partial charge in [-0.3, -0.25) is 4.79 Å². The molecule has 7 heteroatoms. The van der Waals surface area contributed by atoms with Gasteiger partial charge < -0.3 is 15.2 Å². The molecule has 3 rings (SSSR count). The summed E-state index contributed by atoms with van der Waals surface area (Å²) in [6, 6.07) is 9.40. The second kappa shape index (κ2) is 7.55. The van der Waals surface area contributed by atoms with Gasteiger partial charge in [0, 0.05) is 0 Å². The van der Waals surface area contributed by atoms with E-state index in [0.29, 0.717) is 20.3 Å². The lowest BCUT2D eigenvalue weighted by Crippen LogP contribution is -2.19. The predicted molar refractivity (Wildman–Crippen MR) is 109 cm³/mol. The van der Waals surface area contributed by atoms with Crippen molar-refractivity contribution < 1.29 is 14.6 Å². The van der Waals surface area contributed by atoms with E-state index in [0.717, 1.165) is 22.4 Å². The fourth-order valence-electron chi connectivity index (χ4n) is 2.60. The van der Waals surface area contributed by atoms with Crippen molar-refractivity contribution in [2.24, 2.45) is 4.99 Å². The van der Waals surface area contributed by atoms with Crippen LogP contribution in [-0.2, 0) is 4.79 Å². The summed E-state index contributed by atoms with van der Waals surface area (Å²) in [6.07, 6.45) is 1.73. The van der Waals surface area contributed by atoms with Crippen molar-refractivity contribution in [1.29, 1.82) is 0 Å². The number of nitrogens with one attached hydrogen (secondary N) is 1. The Labute approximate surface area is 164 Å². The van der Waals surface area contributed by atoms with Crippen molar-refractivity contribution in [3.05, 3.63) is 56.4 Å². The van der Waals surface area contributed by atoms with Gasteiger partial charge in [0.2, 0.25) is 0 Å². The van der Waals surface area contributed by atoms with E-state index < -0.39 is 0 Å². The molecule has 1 amide bonds. The quantitative estimate of drug-likeness (QED) is 0.691. The van der Waals surface area contributed by atoms with E-state index in [1.54, 1.807) is 18.2 Å². The third kappa shape index (κ3) is 4.11. The zero-order valence-corrected chi connectivity index (χ0v) is 16.9. The first-order chi connectivity index (χ1) is 12.4. The maximum absolute atomic E-state index is 12.2. The van der Waals surface area contributed by atoms with Gasteiger partial charge in [0.05, 0.1) is 22.2 Å². The van der Waals surface area contributed by atoms with Crippen molar-refractivity contribution in [3.63, 3.8) is 0 Å². The number of phenolic OH excluding ortho intramolecular Hbond substituents is 1. The van der Waals surface area contributed by atoms with Gasteiger partial charge in [0.25, 0.3) is 5.91 Å². The standard InChI is InChI=1S/C19H17BrN2O3S/c1-10-4-11(2)6-13(5-10)21-19-22-18(24)16(26-19)9-12-7-14(20)17(23)15(8-12)25-3/h4-9,23H,1-3H3,(H,21,22,24)/b16-9+. The normalized spacial score (nSPS) is 17.0. The summed E-state index contributed by atoms with van der Waals surface area (Å²) >= 11 is 4.56. The number of amides is 1. The number of nitrogens with zero attached hydrogens (tertiary/aromatic N) is 1. The van der Waals surface area contributed by atoms with Crippen LogP contribution in [0.1, 0.15) is 16.7 Å². The van der Waals surface area contributed by atoms with Crippen molar-refractivity contribution in [1.82, 2.24) is 5.32 Å². The molecule has 0 spiro atoms. The van der Waals surface area contributed by atoms with Crippen molar-refractivity contribution in [2.75, 3.05) is 7.11 Å². The topological polar surface area (TPSA) is 70.9 Å². The Morgan fingerprint density at radius 1 is 1.19 bits per heavy atom. The number of halogens is 1. The first-order valence-corrected chi connectivity index (χ1v) is 9.41. The average molecular weight is 433 g/mol. The molecule has 0 unspecified atom stereocenters. The van der Waals surface area contributed by atoms with Crippen LogP contribution in [0.4, 0.5) is 5.69 Å². The minimum absolute atomic E-state index is 0.0234. The van der Waals surface area contributed by atoms with Gasteiger partial charge in [-0.15, -0.1) is 0 Å². The molecule has 1 aliphatic rings. The molecule has 2 aromatic carbocycles. The van der Waals surface area contributed by atoms with Crippen LogP contribution in [0.2, 0.25) is 0 Å². The molecule has 0 saturated carbocycles. The molecule has 0 radical (unpaired) electrons. The fraction of sp³-hybridized carbons (Fsp3) is 0.158. The van der Waals surface area contributed by atoms with E-state index in [2.05, 4.69) is 32.3 Å². The molecule has 0 bridgehead atoms. The van der Waals surface area contributed by atoms with E-state index in [4.69, 9.17) is 4.74 Å². The maximum atomic E-state index is 12.2. The minimum atomic E-state index is -0.207. The number of hydrogen-bond acceptors (Lipinski definition) is 5. The lowest BCUT2D eigenvalue weighted by Gasteiger charge is -2.06. The van der Waals surface area contributed by atoms with Gasteiger partial charge in [0.15, 0.2) is 16.7 Å². The van der Waals surface area contributed by atoms with Gasteiger partial charge in [-0.25, -0.2) is 4.99 Å². The molecule has 0 atom stereocenters. The molecule has 2 N–H and O–H groups in total. The Hall–Kier alpha value is -2.25. The molecule has 2 aromatic rings. The van der Waals surface area contributed by atoms with E-state index >= 15 is 0 Å². The molecule has 0 aromatic heterocycles. The minimum Gasteiger partial charge on any atom is -0.503 e. The Balaban J connectivity index is 1.89. The van der Waals surface area contributed by atoms with Gasteiger partial charge in [-0.05, 0) is 88.6 Å². The Kier molecular flexibility index (Phi) is 5.38. The Morgan fingerprint density at radius 3 is 2.54 bits per heavy atom. The second-order valence-corrected chi connectivity index (χ2v) is 7.77. The molecule has 26 heavy (non-hydrogen) atoms. The SMILES string of the molecule is COc1cc(/C=C2/SC(=Nc3cc(C)cc(C)c3)NC2=O)cc(Br)c1O. The number of thioether (sulfide) groups is 1. The summed E-state index contributed by atoms with van der Waals surface area (Å²) in [4.78, 5) is 17.3. The summed E-state index contributed by atoms with van der Waals surface area (Å²) in [5, 5.41) is 13.2. The molecular formula is C19H17BrN2O3S.